The minimum absolute atomic E-state index is 0.0684. The lowest BCUT2D eigenvalue weighted by Gasteiger charge is -2.13. The average molecular weight is 426 g/mol. The Hall–Kier alpha value is -3.00. The number of hydrogen-bond acceptors (Lipinski definition) is 6. The van der Waals surface area contributed by atoms with Gasteiger partial charge in [-0.25, -0.2) is 4.68 Å². The predicted octanol–water partition coefficient (Wildman–Crippen LogP) is 3.66. The maximum atomic E-state index is 12.2. The van der Waals surface area contributed by atoms with Crippen LogP contribution in [0.3, 0.4) is 0 Å². The molecule has 0 fully saturated rings. The van der Waals surface area contributed by atoms with Crippen molar-refractivity contribution in [1.29, 1.82) is 0 Å². The van der Waals surface area contributed by atoms with Crippen LogP contribution in [0.15, 0.2) is 59.8 Å². The van der Waals surface area contributed by atoms with E-state index in [9.17, 15) is 4.79 Å². The number of nitrogens with one attached hydrogen (secondary N) is 1. The van der Waals surface area contributed by atoms with Crippen molar-refractivity contribution in [1.82, 2.24) is 20.2 Å². The van der Waals surface area contributed by atoms with Crippen LogP contribution >= 0.6 is 11.8 Å². The summed E-state index contributed by atoms with van der Waals surface area (Å²) in [4.78, 5) is 12.2. The first-order valence-electron chi connectivity index (χ1n) is 9.83. The van der Waals surface area contributed by atoms with E-state index in [0.29, 0.717) is 16.9 Å². The van der Waals surface area contributed by atoms with Gasteiger partial charge in [0.25, 0.3) is 0 Å². The van der Waals surface area contributed by atoms with Gasteiger partial charge in [-0.05, 0) is 36.1 Å². The van der Waals surface area contributed by atoms with Gasteiger partial charge in [-0.3, -0.25) is 4.79 Å². The molecule has 30 heavy (non-hydrogen) atoms. The van der Waals surface area contributed by atoms with Crippen LogP contribution < -0.4 is 15.9 Å². The van der Waals surface area contributed by atoms with Crippen molar-refractivity contribution in [3.8, 4) is 5.75 Å². The van der Waals surface area contributed by atoms with Crippen molar-refractivity contribution in [3.63, 3.8) is 0 Å². The van der Waals surface area contributed by atoms with Gasteiger partial charge >= 0.3 is 0 Å². The molecule has 3 rings (SSSR count). The lowest BCUT2D eigenvalue weighted by Crippen LogP contribution is -2.28. The monoisotopic (exact) mass is 425 g/mol. The molecule has 0 aliphatic carbocycles. The van der Waals surface area contributed by atoms with Crippen LogP contribution in [0, 0.1) is 0 Å². The van der Waals surface area contributed by atoms with Gasteiger partial charge in [-0.2, -0.15) is 0 Å². The first kappa shape index (κ1) is 21.7. The lowest BCUT2D eigenvalue weighted by molar-refractivity contribution is -0.119. The van der Waals surface area contributed by atoms with Gasteiger partial charge in [-0.1, -0.05) is 68.1 Å². The van der Waals surface area contributed by atoms with E-state index in [1.165, 1.54) is 22.0 Å². The minimum atomic E-state index is -0.0950. The zero-order chi connectivity index (χ0) is 21.5. The normalized spacial score (nSPS) is 12.0. The molecule has 0 unspecified atom stereocenters. The summed E-state index contributed by atoms with van der Waals surface area (Å²) < 4.78 is 7.12. The summed E-state index contributed by atoms with van der Waals surface area (Å²) in [5, 5.41) is 11.6. The van der Waals surface area contributed by atoms with Crippen LogP contribution in [-0.2, 0) is 11.4 Å². The molecule has 1 amide bonds. The number of ether oxygens (including phenoxy) is 1. The fourth-order valence-corrected chi connectivity index (χ4v) is 3.53. The number of amides is 1. The van der Waals surface area contributed by atoms with E-state index in [1.807, 2.05) is 61.5 Å². The molecule has 0 saturated carbocycles. The van der Waals surface area contributed by atoms with Crippen molar-refractivity contribution in [2.75, 3.05) is 11.6 Å². The Bertz CT molecular complexity index is 957. The van der Waals surface area contributed by atoms with E-state index in [2.05, 4.69) is 29.4 Å². The van der Waals surface area contributed by atoms with E-state index >= 15 is 0 Å². The van der Waals surface area contributed by atoms with Gasteiger partial charge < -0.3 is 15.9 Å². The van der Waals surface area contributed by atoms with E-state index < -0.39 is 0 Å². The molecular weight excluding hydrogens is 398 g/mol. The number of hydrogen-bond donors (Lipinski definition) is 2. The fraction of sp³-hybridized carbons (Fsp3) is 0.318. The summed E-state index contributed by atoms with van der Waals surface area (Å²) in [7, 11) is 0. The van der Waals surface area contributed by atoms with Crippen LogP contribution in [0.25, 0.3) is 0 Å². The van der Waals surface area contributed by atoms with Crippen molar-refractivity contribution in [2.45, 2.75) is 44.5 Å². The molecule has 0 aliphatic rings. The molecule has 1 atom stereocenters. The Balaban J connectivity index is 1.49. The second kappa shape index (κ2) is 10.2. The van der Waals surface area contributed by atoms with Gasteiger partial charge in [0.2, 0.25) is 11.1 Å². The second-order valence-corrected chi connectivity index (χ2v) is 8.21. The minimum Gasteiger partial charge on any atom is -0.486 e. The summed E-state index contributed by atoms with van der Waals surface area (Å²) in [5.74, 6) is 7.87. The van der Waals surface area contributed by atoms with Crippen molar-refractivity contribution in [2.24, 2.45) is 0 Å². The third-order valence-corrected chi connectivity index (χ3v) is 5.60. The highest BCUT2D eigenvalue weighted by atomic mass is 32.2. The summed E-state index contributed by atoms with van der Waals surface area (Å²) in [6.45, 7) is 6.44. The topological polar surface area (TPSA) is 95.1 Å². The Kier molecular flexibility index (Phi) is 7.35. The van der Waals surface area contributed by atoms with E-state index in [0.717, 1.165) is 11.3 Å². The molecule has 0 saturated heterocycles. The molecule has 1 aromatic heterocycles. The molecule has 8 heteroatoms. The second-order valence-electron chi connectivity index (χ2n) is 7.27. The van der Waals surface area contributed by atoms with Crippen molar-refractivity contribution < 1.29 is 9.53 Å². The highest BCUT2D eigenvalue weighted by molar-refractivity contribution is 7.99. The maximum Gasteiger partial charge on any atom is 0.230 e. The first-order chi connectivity index (χ1) is 14.4. The number of carbonyl (C=O) groups is 1. The number of nitrogens with two attached hydrogens (primary N) is 1. The summed E-state index contributed by atoms with van der Waals surface area (Å²) >= 11 is 1.24. The number of carbonyl (C=O) groups excluding carboxylic acids is 1. The van der Waals surface area contributed by atoms with Gasteiger partial charge in [-0.15, -0.1) is 10.2 Å². The largest absolute Gasteiger partial charge is 0.486 e. The third-order valence-electron chi connectivity index (χ3n) is 4.66. The Morgan fingerprint density at radius 3 is 2.43 bits per heavy atom. The van der Waals surface area contributed by atoms with Crippen LogP contribution in [-0.4, -0.2) is 26.5 Å². The van der Waals surface area contributed by atoms with Crippen LogP contribution in [0.2, 0.25) is 0 Å². The van der Waals surface area contributed by atoms with Gasteiger partial charge in [0.15, 0.2) is 5.82 Å². The molecule has 0 spiro atoms. The first-order valence-corrected chi connectivity index (χ1v) is 10.8. The average Bonchev–Trinajstić information content (AvgIpc) is 3.11. The van der Waals surface area contributed by atoms with Gasteiger partial charge in [0.05, 0.1) is 11.8 Å². The molecule has 2 aromatic carbocycles. The highest BCUT2D eigenvalue weighted by Crippen LogP contribution is 2.20. The molecule has 3 aromatic rings. The fourth-order valence-electron chi connectivity index (χ4n) is 2.84. The molecule has 158 valence electrons. The van der Waals surface area contributed by atoms with Crippen LogP contribution in [0.4, 0.5) is 0 Å². The standard InChI is InChI=1S/C22H27N5O2S/c1-15(2)17-9-11-19(12-10-17)29-13-20-25-26-22(27(20)23)30-14-21(28)24-16(3)18-7-5-4-6-8-18/h4-12,15-16H,13-14,23H2,1-3H3,(H,24,28)/t16-/m1/s1. The molecular formula is C22H27N5O2S. The Labute approximate surface area is 181 Å². The third kappa shape index (κ3) is 5.76. The molecule has 0 bridgehead atoms. The van der Waals surface area contributed by atoms with E-state index in [1.54, 1.807) is 0 Å². The number of aromatic nitrogens is 3. The van der Waals surface area contributed by atoms with Crippen molar-refractivity contribution in [3.05, 3.63) is 71.5 Å². The van der Waals surface area contributed by atoms with Crippen LogP contribution in [0.5, 0.6) is 5.75 Å². The number of rotatable bonds is 9. The number of thioether (sulfide) groups is 1. The van der Waals surface area contributed by atoms with E-state index in [4.69, 9.17) is 10.6 Å². The highest BCUT2D eigenvalue weighted by Gasteiger charge is 2.14. The molecule has 1 heterocycles. The quantitative estimate of drug-likeness (QED) is 0.401. The van der Waals surface area contributed by atoms with E-state index in [-0.39, 0.29) is 24.3 Å². The van der Waals surface area contributed by atoms with Gasteiger partial charge in [0, 0.05) is 0 Å². The zero-order valence-electron chi connectivity index (χ0n) is 17.4. The Morgan fingerprint density at radius 2 is 1.77 bits per heavy atom. The molecule has 3 N–H and O–H groups in total. The summed E-state index contributed by atoms with van der Waals surface area (Å²) in [6, 6.07) is 17.7. The summed E-state index contributed by atoms with van der Waals surface area (Å²) in [6.07, 6.45) is 0. The molecule has 0 radical (unpaired) electrons. The number of nitrogens with zero attached hydrogens (tertiary/aromatic N) is 3. The lowest BCUT2D eigenvalue weighted by atomic mass is 10.0. The number of benzene rings is 2. The maximum absolute atomic E-state index is 12.2. The van der Waals surface area contributed by atoms with Crippen LogP contribution in [0.1, 0.15) is 49.7 Å². The molecule has 7 nitrogen and oxygen atoms in total. The SMILES string of the molecule is CC(C)c1ccc(OCc2nnc(SCC(=O)N[C@H](C)c3ccccc3)n2N)cc1. The smallest absolute Gasteiger partial charge is 0.230 e. The number of nitrogen functional groups attached to an aromatic ring is 1. The molecule has 0 aliphatic heterocycles. The predicted molar refractivity (Wildman–Crippen MR) is 119 cm³/mol. The summed E-state index contributed by atoms with van der Waals surface area (Å²) in [5.41, 5.74) is 2.31. The zero-order valence-corrected chi connectivity index (χ0v) is 18.2. The Morgan fingerprint density at radius 1 is 1.07 bits per heavy atom. The van der Waals surface area contributed by atoms with Gasteiger partial charge in [0.1, 0.15) is 12.4 Å². The van der Waals surface area contributed by atoms with Crippen molar-refractivity contribution >= 4 is 17.7 Å².